The molecule has 1 aromatic rings. The summed E-state index contributed by atoms with van der Waals surface area (Å²) in [6, 6.07) is 6.31. The second-order valence-corrected chi connectivity index (χ2v) is 8.14. The van der Waals surface area contributed by atoms with Crippen molar-refractivity contribution < 1.29 is 24.9 Å². The van der Waals surface area contributed by atoms with Gasteiger partial charge in [-0.15, -0.1) is 0 Å². The normalized spacial score (nSPS) is 13.6. The van der Waals surface area contributed by atoms with Gasteiger partial charge in [0, 0.05) is 13.0 Å². The Kier molecular flexibility index (Phi) is 8.85. The predicted molar refractivity (Wildman–Crippen MR) is 94.1 cm³/mol. The topological polar surface area (TPSA) is 101 Å². The Bertz CT molecular complexity index is 472. The molecule has 6 heteroatoms. The number of rotatable bonds is 3. The van der Waals surface area contributed by atoms with E-state index in [4.69, 9.17) is 19.8 Å². The van der Waals surface area contributed by atoms with Gasteiger partial charge in [0.2, 0.25) is 0 Å². The van der Waals surface area contributed by atoms with Crippen molar-refractivity contribution in [1.82, 2.24) is 0 Å². The van der Waals surface area contributed by atoms with Gasteiger partial charge in [-0.05, 0) is 27.5 Å². The van der Waals surface area contributed by atoms with Crippen LogP contribution in [-0.2, 0) is 10.8 Å². The van der Waals surface area contributed by atoms with Gasteiger partial charge in [-0.25, -0.2) is 0 Å². The van der Waals surface area contributed by atoms with Crippen molar-refractivity contribution in [3.63, 3.8) is 0 Å². The number of hydrogen-bond donors (Lipinski definition) is 5. The number of aliphatic hydroxyl groups is 2. The van der Waals surface area contributed by atoms with E-state index in [1.54, 1.807) is 0 Å². The minimum absolute atomic E-state index is 0.00573. The average molecular weight is 346 g/mol. The standard InChI is InChI=1S/C17H28O2.H3O3P/c1-16(2,3)12-7-8-13(15(19)9-10-18)14(11-12)17(4,5)6;1-4(2)3/h7-8,11,15,18-19H,9-10H2,1-6H3;1-3H. The summed E-state index contributed by atoms with van der Waals surface area (Å²) in [5, 5.41) is 19.2. The Balaban J connectivity index is 0.00000108. The largest absolute Gasteiger partial charge is 0.396 e. The van der Waals surface area contributed by atoms with Gasteiger partial charge in [0.1, 0.15) is 0 Å². The molecule has 1 atom stereocenters. The van der Waals surface area contributed by atoms with Gasteiger partial charge in [-0.2, -0.15) is 0 Å². The van der Waals surface area contributed by atoms with Crippen molar-refractivity contribution in [3.05, 3.63) is 34.9 Å². The second-order valence-electron chi connectivity index (χ2n) is 7.60. The zero-order chi connectivity index (χ0) is 18.4. The highest BCUT2D eigenvalue weighted by atomic mass is 31.2. The first kappa shape index (κ1) is 22.4. The minimum atomic E-state index is -2.62. The van der Waals surface area contributed by atoms with Crippen LogP contribution in [0.1, 0.15) is 70.8 Å². The van der Waals surface area contributed by atoms with Crippen LogP contribution in [0.5, 0.6) is 0 Å². The molecule has 0 saturated heterocycles. The van der Waals surface area contributed by atoms with E-state index in [-0.39, 0.29) is 17.4 Å². The van der Waals surface area contributed by atoms with Crippen molar-refractivity contribution in [2.24, 2.45) is 0 Å². The Hall–Kier alpha value is -0.550. The van der Waals surface area contributed by atoms with Crippen molar-refractivity contribution in [2.45, 2.75) is 64.9 Å². The molecule has 0 aliphatic heterocycles. The smallest absolute Gasteiger partial charge is 0.324 e. The van der Waals surface area contributed by atoms with Gasteiger partial charge in [0.05, 0.1) is 6.10 Å². The fourth-order valence-electron chi connectivity index (χ4n) is 2.24. The molecule has 0 aromatic heterocycles. The summed E-state index contributed by atoms with van der Waals surface area (Å²) < 4.78 is 0. The Morgan fingerprint density at radius 2 is 1.43 bits per heavy atom. The van der Waals surface area contributed by atoms with Crippen LogP contribution in [0.15, 0.2) is 18.2 Å². The first-order valence-corrected chi connectivity index (χ1v) is 8.81. The molecule has 1 aromatic carbocycles. The van der Waals surface area contributed by atoms with E-state index in [0.29, 0.717) is 6.42 Å². The maximum absolute atomic E-state index is 10.2. The summed E-state index contributed by atoms with van der Waals surface area (Å²) in [6.07, 6.45) is -0.203. The Morgan fingerprint density at radius 1 is 0.957 bits per heavy atom. The molecule has 5 N–H and O–H groups in total. The lowest BCUT2D eigenvalue weighted by Crippen LogP contribution is -2.20. The molecule has 23 heavy (non-hydrogen) atoms. The lowest BCUT2D eigenvalue weighted by Gasteiger charge is -2.29. The second kappa shape index (κ2) is 9.07. The molecular formula is C17H31O5P. The number of benzene rings is 1. The number of hydrogen-bond acceptors (Lipinski definition) is 5. The highest BCUT2D eigenvalue weighted by molar-refractivity contribution is 7.38. The maximum atomic E-state index is 10.2. The highest BCUT2D eigenvalue weighted by Crippen LogP contribution is 2.34. The lowest BCUT2D eigenvalue weighted by atomic mass is 9.77. The van der Waals surface area contributed by atoms with Crippen molar-refractivity contribution in [2.75, 3.05) is 6.61 Å². The zero-order valence-corrected chi connectivity index (χ0v) is 15.8. The minimum Gasteiger partial charge on any atom is -0.396 e. The fraction of sp³-hybridized carbons (Fsp3) is 0.647. The van der Waals surface area contributed by atoms with E-state index >= 15 is 0 Å². The van der Waals surface area contributed by atoms with Gasteiger partial charge in [0.15, 0.2) is 0 Å². The van der Waals surface area contributed by atoms with E-state index in [0.717, 1.165) is 5.56 Å². The molecule has 0 saturated carbocycles. The molecule has 0 bridgehead atoms. The molecule has 0 radical (unpaired) electrons. The summed E-state index contributed by atoms with van der Waals surface area (Å²) >= 11 is 0. The third-order valence-corrected chi connectivity index (χ3v) is 3.49. The maximum Gasteiger partial charge on any atom is 0.324 e. The molecule has 5 nitrogen and oxygen atoms in total. The molecule has 0 aliphatic rings. The van der Waals surface area contributed by atoms with Gasteiger partial charge < -0.3 is 24.9 Å². The molecule has 1 rings (SSSR count). The monoisotopic (exact) mass is 346 g/mol. The van der Waals surface area contributed by atoms with E-state index in [1.165, 1.54) is 11.1 Å². The molecule has 0 heterocycles. The summed E-state index contributed by atoms with van der Waals surface area (Å²) in [4.78, 5) is 21.7. The van der Waals surface area contributed by atoms with E-state index < -0.39 is 14.7 Å². The molecular weight excluding hydrogens is 315 g/mol. The van der Waals surface area contributed by atoms with Crippen LogP contribution in [-0.4, -0.2) is 31.5 Å². The van der Waals surface area contributed by atoms with E-state index in [1.807, 2.05) is 6.07 Å². The molecule has 0 amide bonds. The van der Waals surface area contributed by atoms with Crippen LogP contribution >= 0.6 is 8.60 Å². The van der Waals surface area contributed by atoms with Gasteiger partial charge in [-0.3, -0.25) is 0 Å². The lowest BCUT2D eigenvalue weighted by molar-refractivity contribution is 0.132. The summed E-state index contributed by atoms with van der Waals surface area (Å²) in [7, 11) is -2.62. The van der Waals surface area contributed by atoms with Gasteiger partial charge in [0.25, 0.3) is 0 Å². The quantitative estimate of drug-likeness (QED) is 0.542. The van der Waals surface area contributed by atoms with Crippen LogP contribution in [0.25, 0.3) is 0 Å². The SMILES string of the molecule is CC(C)(C)c1ccc(C(O)CCO)c(C(C)(C)C)c1.OP(O)O. The van der Waals surface area contributed by atoms with E-state index in [2.05, 4.69) is 53.7 Å². The first-order valence-electron chi connectivity index (χ1n) is 7.61. The fourth-order valence-corrected chi connectivity index (χ4v) is 2.24. The van der Waals surface area contributed by atoms with Gasteiger partial charge >= 0.3 is 8.60 Å². The molecule has 0 fully saturated rings. The van der Waals surface area contributed by atoms with Crippen molar-refractivity contribution in [1.29, 1.82) is 0 Å². The Labute approximate surface area is 140 Å². The van der Waals surface area contributed by atoms with E-state index in [9.17, 15) is 5.11 Å². The molecule has 0 aliphatic carbocycles. The third kappa shape index (κ3) is 8.20. The highest BCUT2D eigenvalue weighted by Gasteiger charge is 2.24. The van der Waals surface area contributed by atoms with Crippen molar-refractivity contribution in [3.8, 4) is 0 Å². The van der Waals surface area contributed by atoms with Crippen molar-refractivity contribution >= 4 is 8.60 Å². The first-order chi connectivity index (χ1) is 10.3. The zero-order valence-electron chi connectivity index (χ0n) is 14.9. The van der Waals surface area contributed by atoms with Crippen LogP contribution < -0.4 is 0 Å². The van der Waals surface area contributed by atoms with Crippen LogP contribution in [0.4, 0.5) is 0 Å². The third-order valence-electron chi connectivity index (χ3n) is 3.49. The summed E-state index contributed by atoms with van der Waals surface area (Å²) in [5.41, 5.74) is 3.46. The van der Waals surface area contributed by atoms with Crippen LogP contribution in [0.3, 0.4) is 0 Å². The predicted octanol–water partition coefficient (Wildman–Crippen LogP) is 2.89. The Morgan fingerprint density at radius 3 is 1.78 bits per heavy atom. The average Bonchev–Trinajstić information content (AvgIpc) is 2.35. The van der Waals surface area contributed by atoms with Crippen LogP contribution in [0, 0.1) is 0 Å². The molecule has 0 spiro atoms. The van der Waals surface area contributed by atoms with Crippen LogP contribution in [0.2, 0.25) is 0 Å². The molecule has 1 unspecified atom stereocenters. The number of aliphatic hydroxyl groups excluding tert-OH is 2. The summed E-state index contributed by atoms with van der Waals surface area (Å²) in [5.74, 6) is 0. The molecule has 134 valence electrons. The van der Waals surface area contributed by atoms with Gasteiger partial charge in [-0.1, -0.05) is 59.7 Å². The summed E-state index contributed by atoms with van der Waals surface area (Å²) in [6.45, 7) is 13.1.